The van der Waals surface area contributed by atoms with E-state index in [1.807, 2.05) is 6.92 Å². The zero-order valence-electron chi connectivity index (χ0n) is 15.5. The van der Waals surface area contributed by atoms with Crippen molar-refractivity contribution in [3.05, 3.63) is 33.9 Å². The van der Waals surface area contributed by atoms with Crippen molar-refractivity contribution in [1.82, 2.24) is 0 Å². The highest BCUT2D eigenvalue weighted by Gasteiger charge is 2.35. The molecule has 0 saturated heterocycles. The highest BCUT2D eigenvalue weighted by molar-refractivity contribution is 5.95. The van der Waals surface area contributed by atoms with Crippen molar-refractivity contribution in [2.24, 2.45) is 5.41 Å². The topological polar surface area (TPSA) is 122 Å². The van der Waals surface area contributed by atoms with Crippen molar-refractivity contribution in [2.45, 2.75) is 51.9 Å². The van der Waals surface area contributed by atoms with Crippen LogP contribution < -0.4 is 5.32 Å². The number of nitro benzene ring substituents is 1. The van der Waals surface area contributed by atoms with E-state index in [0.717, 1.165) is 32.1 Å². The lowest BCUT2D eigenvalue weighted by molar-refractivity contribution is -0.385. The Kier molecular flexibility index (Phi) is 6.50. The maximum absolute atomic E-state index is 12.6. The van der Waals surface area contributed by atoms with Gasteiger partial charge in [-0.05, 0) is 31.9 Å². The molecule has 1 atom stereocenters. The number of nitrogens with one attached hydrogen (secondary N) is 1. The quantitative estimate of drug-likeness (QED) is 0.461. The number of hydrogen-bond donors (Lipinski definition) is 1. The third kappa shape index (κ3) is 4.61. The number of carbonyl (C=O) groups is 2. The number of esters is 1. The Bertz CT molecular complexity index is 778. The molecule has 1 aliphatic carbocycles. The number of nitro groups is 1. The highest BCUT2D eigenvalue weighted by atomic mass is 16.6. The van der Waals surface area contributed by atoms with E-state index < -0.39 is 27.9 Å². The Labute approximate surface area is 157 Å². The Morgan fingerprint density at radius 1 is 1.37 bits per heavy atom. The summed E-state index contributed by atoms with van der Waals surface area (Å²) in [5.41, 5.74) is -0.682. The number of ether oxygens (including phenoxy) is 1. The molecule has 1 amide bonds. The van der Waals surface area contributed by atoms with Crippen molar-refractivity contribution in [1.29, 1.82) is 5.26 Å². The molecule has 0 spiro atoms. The number of hydrogen-bond acceptors (Lipinski definition) is 6. The number of nitriles is 1. The van der Waals surface area contributed by atoms with Crippen LogP contribution in [0.25, 0.3) is 0 Å². The van der Waals surface area contributed by atoms with E-state index in [9.17, 15) is 25.0 Å². The third-order valence-corrected chi connectivity index (χ3v) is 4.95. The van der Waals surface area contributed by atoms with Crippen LogP contribution in [0, 0.1) is 26.9 Å². The summed E-state index contributed by atoms with van der Waals surface area (Å²) in [6.07, 6.45) is 4.61. The van der Waals surface area contributed by atoms with E-state index in [1.54, 1.807) is 13.0 Å². The highest BCUT2D eigenvalue weighted by Crippen LogP contribution is 2.37. The number of amides is 1. The van der Waals surface area contributed by atoms with E-state index in [0.29, 0.717) is 0 Å². The molecule has 1 aromatic rings. The van der Waals surface area contributed by atoms with Crippen LogP contribution in [0.1, 0.15) is 57.4 Å². The van der Waals surface area contributed by atoms with E-state index in [1.165, 1.54) is 18.2 Å². The monoisotopic (exact) mass is 373 g/mol. The molecule has 1 fully saturated rings. The fraction of sp³-hybridized carbons (Fsp3) is 0.526. The van der Waals surface area contributed by atoms with Crippen LogP contribution in [0.15, 0.2) is 18.2 Å². The number of carbonyl (C=O) groups excluding carboxylic acids is 2. The molecular formula is C19H23N3O5. The van der Waals surface area contributed by atoms with Gasteiger partial charge in [-0.3, -0.25) is 19.7 Å². The van der Waals surface area contributed by atoms with Crippen molar-refractivity contribution in [3.63, 3.8) is 0 Å². The summed E-state index contributed by atoms with van der Waals surface area (Å²) in [6.45, 7) is 3.56. The predicted octanol–water partition coefficient (Wildman–Crippen LogP) is 3.67. The fourth-order valence-electron chi connectivity index (χ4n) is 3.34. The maximum Gasteiger partial charge on any atom is 0.328 e. The van der Waals surface area contributed by atoms with Crippen molar-refractivity contribution >= 4 is 23.3 Å². The van der Waals surface area contributed by atoms with E-state index in [4.69, 9.17) is 4.74 Å². The van der Waals surface area contributed by atoms with E-state index >= 15 is 0 Å². The van der Waals surface area contributed by atoms with Crippen molar-refractivity contribution in [3.8, 4) is 6.07 Å². The minimum atomic E-state index is -1.40. The lowest BCUT2D eigenvalue weighted by Gasteiger charge is -2.32. The molecule has 1 saturated carbocycles. The Morgan fingerprint density at radius 3 is 2.59 bits per heavy atom. The predicted molar refractivity (Wildman–Crippen MR) is 97.9 cm³/mol. The summed E-state index contributed by atoms with van der Waals surface area (Å²) in [5.74, 6) is -2.41. The van der Waals surface area contributed by atoms with Gasteiger partial charge in [0, 0.05) is 17.2 Å². The second-order valence-corrected chi connectivity index (χ2v) is 6.92. The molecule has 8 heteroatoms. The standard InChI is InChI=1S/C19H23N3O5/c1-3-27-17(23)15(12-20)14-8-7-13(11-16(14)22(25)26)21-18(24)19(2)9-5-4-6-10-19/h7-8,11,15H,3-6,9-10H2,1-2H3,(H,21,24). The summed E-state index contributed by atoms with van der Waals surface area (Å²) >= 11 is 0. The molecule has 1 unspecified atom stereocenters. The van der Waals surface area contributed by atoms with E-state index in [2.05, 4.69) is 5.32 Å². The van der Waals surface area contributed by atoms with Crippen LogP contribution in [0.2, 0.25) is 0 Å². The Morgan fingerprint density at radius 2 is 2.04 bits per heavy atom. The summed E-state index contributed by atoms with van der Waals surface area (Å²) in [7, 11) is 0. The SMILES string of the molecule is CCOC(=O)C(C#N)c1ccc(NC(=O)C2(C)CCCCC2)cc1[N+](=O)[O-]. The van der Waals surface area contributed by atoms with Gasteiger partial charge >= 0.3 is 5.97 Å². The average molecular weight is 373 g/mol. The first kappa shape index (κ1) is 20.4. The molecular weight excluding hydrogens is 350 g/mol. The van der Waals surface area contributed by atoms with Gasteiger partial charge in [0.25, 0.3) is 5.69 Å². The number of rotatable bonds is 6. The van der Waals surface area contributed by atoms with Crippen LogP contribution in [0.3, 0.4) is 0 Å². The number of anilines is 1. The largest absolute Gasteiger partial charge is 0.465 e. The zero-order valence-corrected chi connectivity index (χ0v) is 15.5. The van der Waals surface area contributed by atoms with Crippen molar-refractivity contribution in [2.75, 3.05) is 11.9 Å². The molecule has 1 aliphatic rings. The lowest BCUT2D eigenvalue weighted by atomic mass is 9.75. The van der Waals surface area contributed by atoms with Gasteiger partial charge in [0.05, 0.1) is 23.2 Å². The molecule has 0 bridgehead atoms. The van der Waals surface area contributed by atoms with Crippen molar-refractivity contribution < 1.29 is 19.2 Å². The fourth-order valence-corrected chi connectivity index (χ4v) is 3.34. The normalized spacial score (nSPS) is 16.6. The molecule has 27 heavy (non-hydrogen) atoms. The van der Waals surface area contributed by atoms with Gasteiger partial charge in [0.1, 0.15) is 0 Å². The van der Waals surface area contributed by atoms with Crippen LogP contribution in [0.5, 0.6) is 0 Å². The minimum Gasteiger partial charge on any atom is -0.465 e. The third-order valence-electron chi connectivity index (χ3n) is 4.95. The van der Waals surface area contributed by atoms with Crippen LogP contribution in [-0.2, 0) is 14.3 Å². The molecule has 0 radical (unpaired) electrons. The summed E-state index contributed by atoms with van der Waals surface area (Å²) in [4.78, 5) is 35.3. The molecule has 144 valence electrons. The minimum absolute atomic E-state index is 0.0529. The molecule has 0 heterocycles. The van der Waals surface area contributed by atoms with E-state index in [-0.39, 0.29) is 23.8 Å². The van der Waals surface area contributed by atoms with Gasteiger partial charge in [0.2, 0.25) is 5.91 Å². The first-order chi connectivity index (χ1) is 12.8. The molecule has 8 nitrogen and oxygen atoms in total. The molecule has 0 aromatic heterocycles. The Hall–Kier alpha value is -2.95. The van der Waals surface area contributed by atoms with Gasteiger partial charge in [-0.1, -0.05) is 26.2 Å². The molecule has 1 N–H and O–H groups in total. The van der Waals surface area contributed by atoms with Gasteiger partial charge in [0.15, 0.2) is 5.92 Å². The first-order valence-electron chi connectivity index (χ1n) is 8.98. The first-order valence-corrected chi connectivity index (χ1v) is 8.98. The summed E-state index contributed by atoms with van der Waals surface area (Å²) in [6, 6.07) is 5.72. The second kappa shape index (κ2) is 8.62. The van der Waals surface area contributed by atoms with Gasteiger partial charge < -0.3 is 10.1 Å². The summed E-state index contributed by atoms with van der Waals surface area (Å²) < 4.78 is 4.82. The van der Waals surface area contributed by atoms with Gasteiger partial charge in [-0.15, -0.1) is 0 Å². The number of benzene rings is 1. The van der Waals surface area contributed by atoms with Gasteiger partial charge in [-0.25, -0.2) is 0 Å². The van der Waals surface area contributed by atoms with Crippen LogP contribution in [0.4, 0.5) is 11.4 Å². The molecule has 0 aliphatic heterocycles. The average Bonchev–Trinajstić information content (AvgIpc) is 2.64. The summed E-state index contributed by atoms with van der Waals surface area (Å²) in [5, 5.41) is 23.5. The maximum atomic E-state index is 12.6. The molecule has 1 aromatic carbocycles. The van der Waals surface area contributed by atoms with Gasteiger partial charge in [-0.2, -0.15) is 5.26 Å². The van der Waals surface area contributed by atoms with Crippen LogP contribution in [-0.4, -0.2) is 23.4 Å². The molecule has 2 rings (SSSR count). The zero-order chi connectivity index (χ0) is 20.0. The smallest absolute Gasteiger partial charge is 0.328 e. The lowest BCUT2D eigenvalue weighted by Crippen LogP contribution is -2.35. The second-order valence-electron chi connectivity index (χ2n) is 6.92. The van der Waals surface area contributed by atoms with Crippen LogP contribution >= 0.6 is 0 Å². The number of nitrogens with zero attached hydrogens (tertiary/aromatic N) is 2. The Balaban J connectivity index is 2.29.